The zero-order valence-electron chi connectivity index (χ0n) is 16.6. The molecule has 2 aromatic heterocycles. The van der Waals surface area contributed by atoms with Crippen molar-refractivity contribution in [3.63, 3.8) is 0 Å². The SMILES string of the molecule is C[C@H]1CCCN1Cc1nc2ccc(NC(=O)c3ccc4nn(C)cc4c3)cc2[nH]1. The van der Waals surface area contributed by atoms with Crippen molar-refractivity contribution < 1.29 is 4.79 Å². The second-order valence-corrected chi connectivity index (χ2v) is 7.91. The highest BCUT2D eigenvalue weighted by molar-refractivity contribution is 6.06. The van der Waals surface area contributed by atoms with E-state index in [-0.39, 0.29) is 5.91 Å². The van der Waals surface area contributed by atoms with Crippen LogP contribution in [0.25, 0.3) is 21.9 Å². The zero-order valence-corrected chi connectivity index (χ0v) is 16.6. The van der Waals surface area contributed by atoms with Gasteiger partial charge in [0.05, 0.1) is 23.1 Å². The van der Waals surface area contributed by atoms with Crippen LogP contribution in [0.4, 0.5) is 5.69 Å². The van der Waals surface area contributed by atoms with Crippen LogP contribution in [0.1, 0.15) is 35.9 Å². The fourth-order valence-electron chi connectivity index (χ4n) is 4.13. The lowest BCUT2D eigenvalue weighted by Gasteiger charge is -2.19. The number of carbonyl (C=O) groups is 1. The van der Waals surface area contributed by atoms with Crippen LogP contribution in [-0.2, 0) is 13.6 Å². The van der Waals surface area contributed by atoms with Crippen molar-refractivity contribution >= 4 is 33.5 Å². The van der Waals surface area contributed by atoms with E-state index >= 15 is 0 Å². The third kappa shape index (κ3) is 3.49. The third-order valence-electron chi connectivity index (χ3n) is 5.71. The number of rotatable bonds is 4. The Morgan fingerprint density at radius 1 is 1.24 bits per heavy atom. The number of nitrogens with one attached hydrogen (secondary N) is 2. The minimum atomic E-state index is -0.138. The molecule has 0 aliphatic carbocycles. The van der Waals surface area contributed by atoms with E-state index < -0.39 is 0 Å². The largest absolute Gasteiger partial charge is 0.341 e. The van der Waals surface area contributed by atoms with Gasteiger partial charge in [-0.05, 0) is 62.7 Å². The average Bonchev–Trinajstić information content (AvgIpc) is 3.38. The molecule has 148 valence electrons. The highest BCUT2D eigenvalue weighted by Gasteiger charge is 2.21. The summed E-state index contributed by atoms with van der Waals surface area (Å²) in [5.41, 5.74) is 4.09. The molecule has 0 spiro atoms. The van der Waals surface area contributed by atoms with E-state index in [9.17, 15) is 4.79 Å². The van der Waals surface area contributed by atoms with Crippen LogP contribution in [0.3, 0.4) is 0 Å². The van der Waals surface area contributed by atoms with Crippen molar-refractivity contribution in [3.05, 3.63) is 54.0 Å². The van der Waals surface area contributed by atoms with E-state index in [1.54, 1.807) is 10.7 Å². The highest BCUT2D eigenvalue weighted by atomic mass is 16.1. The first kappa shape index (κ1) is 17.9. The second kappa shape index (κ2) is 7.00. The quantitative estimate of drug-likeness (QED) is 0.559. The molecule has 3 heterocycles. The number of aryl methyl sites for hydroxylation is 1. The molecular weight excluding hydrogens is 364 g/mol. The Kier molecular flexibility index (Phi) is 4.32. The molecule has 0 bridgehead atoms. The molecule has 0 radical (unpaired) electrons. The molecule has 1 saturated heterocycles. The molecule has 2 N–H and O–H groups in total. The summed E-state index contributed by atoms with van der Waals surface area (Å²) in [5, 5.41) is 8.28. The minimum Gasteiger partial charge on any atom is -0.341 e. The molecule has 7 nitrogen and oxygen atoms in total. The summed E-state index contributed by atoms with van der Waals surface area (Å²) >= 11 is 0. The Balaban J connectivity index is 1.34. The van der Waals surface area contributed by atoms with Gasteiger partial charge in [-0.3, -0.25) is 14.4 Å². The number of aromatic amines is 1. The molecular formula is C22H24N6O. The zero-order chi connectivity index (χ0) is 20.0. The number of anilines is 1. The first-order chi connectivity index (χ1) is 14.0. The number of hydrogen-bond donors (Lipinski definition) is 2. The number of amides is 1. The highest BCUT2D eigenvalue weighted by Crippen LogP contribution is 2.22. The predicted molar refractivity (Wildman–Crippen MR) is 114 cm³/mol. The summed E-state index contributed by atoms with van der Waals surface area (Å²) in [5.74, 6) is 0.833. The fraction of sp³-hybridized carbons (Fsp3) is 0.318. The first-order valence-electron chi connectivity index (χ1n) is 10.0. The molecule has 2 aromatic carbocycles. The molecule has 0 saturated carbocycles. The number of imidazole rings is 1. The van der Waals surface area contributed by atoms with Gasteiger partial charge >= 0.3 is 0 Å². The predicted octanol–water partition coefficient (Wildman–Crippen LogP) is 3.69. The molecule has 1 amide bonds. The molecule has 1 aliphatic heterocycles. The topological polar surface area (TPSA) is 78.8 Å². The van der Waals surface area contributed by atoms with Gasteiger partial charge in [-0.15, -0.1) is 0 Å². The molecule has 1 aliphatic rings. The maximum Gasteiger partial charge on any atom is 0.255 e. The maximum absolute atomic E-state index is 12.7. The molecule has 7 heteroatoms. The lowest BCUT2D eigenvalue weighted by atomic mass is 10.1. The van der Waals surface area contributed by atoms with Gasteiger partial charge in [0, 0.05) is 35.9 Å². The van der Waals surface area contributed by atoms with E-state index in [4.69, 9.17) is 4.98 Å². The van der Waals surface area contributed by atoms with E-state index in [1.165, 1.54) is 12.8 Å². The van der Waals surface area contributed by atoms with Crippen LogP contribution in [0, 0.1) is 0 Å². The third-order valence-corrected chi connectivity index (χ3v) is 5.71. The van der Waals surface area contributed by atoms with Gasteiger partial charge < -0.3 is 10.3 Å². The number of carbonyl (C=O) groups excluding carboxylic acids is 1. The lowest BCUT2D eigenvalue weighted by Crippen LogP contribution is -2.26. The fourth-order valence-corrected chi connectivity index (χ4v) is 4.13. The van der Waals surface area contributed by atoms with Crippen molar-refractivity contribution in [1.29, 1.82) is 0 Å². The number of likely N-dealkylation sites (tertiary alicyclic amines) is 1. The number of aromatic nitrogens is 4. The van der Waals surface area contributed by atoms with Gasteiger partial charge in [-0.2, -0.15) is 5.10 Å². The minimum absolute atomic E-state index is 0.138. The summed E-state index contributed by atoms with van der Waals surface area (Å²) < 4.78 is 1.75. The summed E-state index contributed by atoms with van der Waals surface area (Å²) in [6.07, 6.45) is 4.41. The van der Waals surface area contributed by atoms with Gasteiger partial charge in [0.15, 0.2) is 0 Å². The molecule has 5 rings (SSSR count). The normalized spacial score (nSPS) is 17.4. The van der Waals surface area contributed by atoms with Crippen LogP contribution in [0.2, 0.25) is 0 Å². The lowest BCUT2D eigenvalue weighted by molar-refractivity contribution is 0.102. The van der Waals surface area contributed by atoms with E-state index in [0.717, 1.165) is 46.5 Å². The summed E-state index contributed by atoms with van der Waals surface area (Å²) in [7, 11) is 1.87. The summed E-state index contributed by atoms with van der Waals surface area (Å²) in [6.45, 7) is 4.23. The van der Waals surface area contributed by atoms with Gasteiger partial charge in [0.1, 0.15) is 5.82 Å². The molecule has 1 atom stereocenters. The summed E-state index contributed by atoms with van der Waals surface area (Å²) in [6, 6.07) is 11.9. The Bertz CT molecular complexity index is 1210. The molecule has 29 heavy (non-hydrogen) atoms. The van der Waals surface area contributed by atoms with Crippen molar-refractivity contribution in [2.45, 2.75) is 32.4 Å². The van der Waals surface area contributed by atoms with E-state index in [1.807, 2.05) is 43.6 Å². The van der Waals surface area contributed by atoms with Gasteiger partial charge in [0.2, 0.25) is 0 Å². The molecule has 1 fully saturated rings. The van der Waals surface area contributed by atoms with Crippen LogP contribution < -0.4 is 5.32 Å². The monoisotopic (exact) mass is 388 g/mol. The molecule has 0 unspecified atom stereocenters. The number of fused-ring (bicyclic) bond motifs is 2. The number of benzene rings is 2. The van der Waals surface area contributed by atoms with Crippen LogP contribution in [-0.4, -0.2) is 43.1 Å². The second-order valence-electron chi connectivity index (χ2n) is 7.91. The van der Waals surface area contributed by atoms with Gasteiger partial charge in [-0.25, -0.2) is 4.98 Å². The van der Waals surface area contributed by atoms with Crippen molar-refractivity contribution in [3.8, 4) is 0 Å². The summed E-state index contributed by atoms with van der Waals surface area (Å²) in [4.78, 5) is 23.3. The van der Waals surface area contributed by atoms with Crippen LogP contribution in [0.5, 0.6) is 0 Å². The number of H-pyrrole nitrogens is 1. The van der Waals surface area contributed by atoms with Crippen molar-refractivity contribution in [1.82, 2.24) is 24.6 Å². The number of hydrogen-bond acceptors (Lipinski definition) is 4. The smallest absolute Gasteiger partial charge is 0.255 e. The van der Waals surface area contributed by atoms with E-state index in [2.05, 4.69) is 27.2 Å². The number of nitrogens with zero attached hydrogens (tertiary/aromatic N) is 4. The standard InChI is InChI=1S/C22H24N6O/c1-14-4-3-9-28(14)13-21-24-19-8-6-17(11-20(19)25-21)23-22(29)15-5-7-18-16(10-15)12-27(2)26-18/h5-8,10-12,14H,3-4,9,13H2,1-2H3,(H,23,29)(H,24,25)/t14-/m0/s1. The van der Waals surface area contributed by atoms with Crippen LogP contribution in [0.15, 0.2) is 42.6 Å². The van der Waals surface area contributed by atoms with Crippen LogP contribution >= 0.6 is 0 Å². The Labute approximate surface area is 168 Å². The Morgan fingerprint density at radius 2 is 2.10 bits per heavy atom. The Hall–Kier alpha value is -3.19. The maximum atomic E-state index is 12.7. The van der Waals surface area contributed by atoms with Crippen molar-refractivity contribution in [2.75, 3.05) is 11.9 Å². The average molecular weight is 388 g/mol. The molecule has 4 aromatic rings. The van der Waals surface area contributed by atoms with Gasteiger partial charge in [0.25, 0.3) is 5.91 Å². The van der Waals surface area contributed by atoms with E-state index in [0.29, 0.717) is 11.6 Å². The van der Waals surface area contributed by atoms with Crippen molar-refractivity contribution in [2.24, 2.45) is 7.05 Å². The Morgan fingerprint density at radius 3 is 2.93 bits per heavy atom. The van der Waals surface area contributed by atoms with Gasteiger partial charge in [-0.1, -0.05) is 0 Å². The first-order valence-corrected chi connectivity index (χ1v) is 10.0.